The lowest BCUT2D eigenvalue weighted by molar-refractivity contribution is 0.0933. The molecular weight excluding hydrogens is 392 g/mol. The van der Waals surface area contributed by atoms with Crippen molar-refractivity contribution in [1.29, 1.82) is 0 Å². The molecule has 2 heterocycles. The molecule has 0 radical (unpaired) electrons. The zero-order chi connectivity index (χ0) is 20.6. The number of aromatic nitrogens is 2. The first-order valence-electron chi connectivity index (χ1n) is 10.1. The van der Waals surface area contributed by atoms with Crippen LogP contribution in [-0.4, -0.2) is 59.8 Å². The zero-order valence-electron chi connectivity index (χ0n) is 17.1. The van der Waals surface area contributed by atoms with Crippen LogP contribution >= 0.6 is 11.6 Å². The van der Waals surface area contributed by atoms with Gasteiger partial charge in [0.2, 0.25) is 0 Å². The molecule has 158 valence electrons. The Hall–Kier alpha value is -2.09. The van der Waals surface area contributed by atoms with E-state index in [2.05, 4.69) is 26.7 Å². The summed E-state index contributed by atoms with van der Waals surface area (Å²) in [5, 5.41) is 3.24. The molecule has 0 unspecified atom stereocenters. The van der Waals surface area contributed by atoms with E-state index in [1.54, 1.807) is 25.3 Å². The van der Waals surface area contributed by atoms with Gasteiger partial charge in [-0.3, -0.25) is 9.69 Å². The monoisotopic (exact) mass is 420 g/mol. The van der Waals surface area contributed by atoms with Crippen molar-refractivity contribution in [2.24, 2.45) is 0 Å². The number of imidazole rings is 1. The Morgan fingerprint density at radius 2 is 2.14 bits per heavy atom. The summed E-state index contributed by atoms with van der Waals surface area (Å²) in [5.41, 5.74) is 0.514. The molecule has 1 aromatic heterocycles. The predicted molar refractivity (Wildman–Crippen MR) is 112 cm³/mol. The second kappa shape index (κ2) is 10.6. The van der Waals surface area contributed by atoms with Crippen molar-refractivity contribution in [3.05, 3.63) is 47.0 Å². The number of carbonyl (C=O) groups excluding carboxylic acids is 1. The lowest BCUT2D eigenvalue weighted by Crippen LogP contribution is -2.38. The first kappa shape index (κ1) is 21.6. The summed E-state index contributed by atoms with van der Waals surface area (Å²) in [6.45, 7) is 6.78. The lowest BCUT2D eigenvalue weighted by Gasteiger charge is -2.32. The van der Waals surface area contributed by atoms with Crippen LogP contribution in [0.25, 0.3) is 0 Å². The molecule has 1 aliphatic rings. The molecule has 1 saturated heterocycles. The molecule has 3 rings (SSSR count). The summed E-state index contributed by atoms with van der Waals surface area (Å²) in [6.07, 6.45) is 5.87. The van der Waals surface area contributed by atoms with Crippen LogP contribution in [0.2, 0.25) is 5.02 Å². The molecule has 2 aromatic rings. The molecule has 0 bridgehead atoms. The molecule has 1 aromatic carbocycles. The Morgan fingerprint density at radius 1 is 1.34 bits per heavy atom. The fourth-order valence-corrected chi connectivity index (χ4v) is 3.68. The average molecular weight is 421 g/mol. The van der Waals surface area contributed by atoms with Gasteiger partial charge in [0.1, 0.15) is 17.7 Å². The minimum Gasteiger partial charge on any atom is -0.489 e. The number of piperidine rings is 1. The number of hydrogen-bond donors (Lipinski definition) is 1. The van der Waals surface area contributed by atoms with E-state index in [0.29, 0.717) is 29.5 Å². The van der Waals surface area contributed by atoms with Gasteiger partial charge in [-0.25, -0.2) is 4.98 Å². The second-order valence-electron chi connectivity index (χ2n) is 7.12. The summed E-state index contributed by atoms with van der Waals surface area (Å²) in [4.78, 5) is 19.0. The van der Waals surface area contributed by atoms with E-state index in [1.807, 2.05) is 12.4 Å². The fourth-order valence-electron chi connectivity index (χ4n) is 3.45. The quantitative estimate of drug-likeness (QED) is 0.631. The maximum Gasteiger partial charge on any atom is 0.251 e. The SMILES string of the molecule is CCn1ccnc1CN1CCC(Oc2ccc(C(=O)NCCOC)cc2Cl)CC1. The minimum absolute atomic E-state index is 0.121. The predicted octanol–water partition coefficient (Wildman–Crippen LogP) is 2.98. The van der Waals surface area contributed by atoms with Crippen LogP contribution in [0.1, 0.15) is 35.9 Å². The highest BCUT2D eigenvalue weighted by atomic mass is 35.5. The number of likely N-dealkylation sites (tertiary alicyclic amines) is 1. The number of amides is 1. The van der Waals surface area contributed by atoms with Gasteiger partial charge in [-0.1, -0.05) is 11.6 Å². The Bertz CT molecular complexity index is 803. The van der Waals surface area contributed by atoms with Gasteiger partial charge in [-0.15, -0.1) is 0 Å². The van der Waals surface area contributed by atoms with Gasteiger partial charge in [0.25, 0.3) is 5.91 Å². The van der Waals surface area contributed by atoms with E-state index in [0.717, 1.165) is 44.8 Å². The second-order valence-corrected chi connectivity index (χ2v) is 7.52. The van der Waals surface area contributed by atoms with Gasteiger partial charge in [0, 0.05) is 51.2 Å². The number of rotatable bonds is 9. The molecular formula is C21H29ClN4O3. The molecule has 1 amide bonds. The summed E-state index contributed by atoms with van der Waals surface area (Å²) in [5.74, 6) is 1.56. The Balaban J connectivity index is 1.49. The van der Waals surface area contributed by atoms with Gasteiger partial charge < -0.3 is 19.4 Å². The van der Waals surface area contributed by atoms with Crippen molar-refractivity contribution in [2.75, 3.05) is 33.4 Å². The fraction of sp³-hybridized carbons (Fsp3) is 0.524. The van der Waals surface area contributed by atoms with Crippen LogP contribution in [-0.2, 0) is 17.8 Å². The number of nitrogens with one attached hydrogen (secondary N) is 1. The first-order valence-corrected chi connectivity index (χ1v) is 10.4. The molecule has 0 spiro atoms. The van der Waals surface area contributed by atoms with Gasteiger partial charge in [0.15, 0.2) is 0 Å². The zero-order valence-corrected chi connectivity index (χ0v) is 17.8. The summed E-state index contributed by atoms with van der Waals surface area (Å²) < 4.78 is 13.2. The highest BCUT2D eigenvalue weighted by molar-refractivity contribution is 6.32. The molecule has 7 nitrogen and oxygen atoms in total. The van der Waals surface area contributed by atoms with E-state index >= 15 is 0 Å². The number of nitrogens with zero attached hydrogens (tertiary/aromatic N) is 3. The smallest absolute Gasteiger partial charge is 0.251 e. The number of ether oxygens (including phenoxy) is 2. The Kier molecular flexibility index (Phi) is 7.91. The summed E-state index contributed by atoms with van der Waals surface area (Å²) >= 11 is 6.36. The number of benzene rings is 1. The normalized spacial score (nSPS) is 15.4. The molecule has 29 heavy (non-hydrogen) atoms. The number of halogens is 1. The molecule has 8 heteroatoms. The Morgan fingerprint density at radius 3 is 2.83 bits per heavy atom. The Labute approximate surface area is 177 Å². The van der Waals surface area contributed by atoms with Gasteiger partial charge in [-0.2, -0.15) is 0 Å². The lowest BCUT2D eigenvalue weighted by atomic mass is 10.1. The van der Waals surface area contributed by atoms with Crippen molar-refractivity contribution < 1.29 is 14.3 Å². The topological polar surface area (TPSA) is 68.6 Å². The summed E-state index contributed by atoms with van der Waals surface area (Å²) in [6, 6.07) is 5.17. The van der Waals surface area contributed by atoms with Crippen LogP contribution in [0.5, 0.6) is 5.75 Å². The maximum absolute atomic E-state index is 12.1. The van der Waals surface area contributed by atoms with Crippen molar-refractivity contribution in [2.45, 2.75) is 39.0 Å². The van der Waals surface area contributed by atoms with Crippen LogP contribution in [0, 0.1) is 0 Å². The van der Waals surface area contributed by atoms with Crippen LogP contribution in [0.4, 0.5) is 0 Å². The van der Waals surface area contributed by atoms with E-state index < -0.39 is 0 Å². The largest absolute Gasteiger partial charge is 0.489 e. The number of carbonyl (C=O) groups is 1. The van der Waals surface area contributed by atoms with Gasteiger partial charge >= 0.3 is 0 Å². The van der Waals surface area contributed by atoms with E-state index in [-0.39, 0.29) is 12.0 Å². The standard InChI is InChI=1S/C21H29ClN4O3/c1-3-26-12-8-23-20(26)15-25-10-6-17(7-11-25)29-19-5-4-16(14-18(19)22)21(27)24-9-13-28-2/h4-5,8,12,14,17H,3,6-7,9-11,13,15H2,1-2H3,(H,24,27). The number of methoxy groups -OCH3 is 1. The minimum atomic E-state index is -0.172. The van der Waals surface area contributed by atoms with Gasteiger partial charge in [-0.05, 0) is 38.0 Å². The molecule has 1 N–H and O–H groups in total. The van der Waals surface area contributed by atoms with Crippen molar-refractivity contribution >= 4 is 17.5 Å². The summed E-state index contributed by atoms with van der Waals surface area (Å²) in [7, 11) is 1.60. The molecule has 0 saturated carbocycles. The third kappa shape index (κ3) is 5.95. The third-order valence-corrected chi connectivity index (χ3v) is 5.42. The van der Waals surface area contributed by atoms with Crippen LogP contribution in [0.15, 0.2) is 30.6 Å². The first-order chi connectivity index (χ1) is 14.1. The highest BCUT2D eigenvalue weighted by Crippen LogP contribution is 2.28. The van der Waals surface area contributed by atoms with E-state index in [4.69, 9.17) is 21.1 Å². The van der Waals surface area contributed by atoms with Gasteiger partial charge in [0.05, 0.1) is 18.2 Å². The average Bonchev–Trinajstić information content (AvgIpc) is 3.18. The molecule has 0 atom stereocenters. The van der Waals surface area contributed by atoms with Crippen molar-refractivity contribution in [3.8, 4) is 5.75 Å². The highest BCUT2D eigenvalue weighted by Gasteiger charge is 2.22. The van der Waals surface area contributed by atoms with E-state index in [1.165, 1.54) is 0 Å². The van der Waals surface area contributed by atoms with E-state index in [9.17, 15) is 4.79 Å². The molecule has 1 aliphatic heterocycles. The third-order valence-electron chi connectivity index (χ3n) is 5.12. The van der Waals surface area contributed by atoms with Crippen molar-refractivity contribution in [1.82, 2.24) is 19.8 Å². The van der Waals surface area contributed by atoms with Crippen LogP contribution < -0.4 is 10.1 Å². The number of hydrogen-bond acceptors (Lipinski definition) is 5. The maximum atomic E-state index is 12.1. The van der Waals surface area contributed by atoms with Crippen LogP contribution in [0.3, 0.4) is 0 Å². The number of aryl methyl sites for hydroxylation is 1. The molecule has 1 fully saturated rings. The van der Waals surface area contributed by atoms with Crippen molar-refractivity contribution in [3.63, 3.8) is 0 Å². The molecule has 0 aliphatic carbocycles.